The fraction of sp³-hybridized carbons (Fsp3) is 0.435. The van der Waals surface area contributed by atoms with E-state index in [9.17, 15) is 4.79 Å². The first-order chi connectivity index (χ1) is 14.0. The molecule has 29 heavy (non-hydrogen) atoms. The Morgan fingerprint density at radius 3 is 2.34 bits per heavy atom. The van der Waals surface area contributed by atoms with Crippen molar-refractivity contribution >= 4 is 11.7 Å². The van der Waals surface area contributed by atoms with Crippen molar-refractivity contribution in [2.75, 3.05) is 51.8 Å². The Hall–Kier alpha value is -2.89. The highest BCUT2D eigenvalue weighted by Gasteiger charge is 2.21. The van der Waals surface area contributed by atoms with Gasteiger partial charge in [-0.15, -0.1) is 0 Å². The van der Waals surface area contributed by atoms with E-state index in [-0.39, 0.29) is 6.03 Å². The third kappa shape index (κ3) is 5.13. The number of anilines is 1. The number of piperazine rings is 1. The monoisotopic (exact) mass is 397 g/mol. The molecule has 3 rings (SSSR count). The van der Waals surface area contributed by atoms with Gasteiger partial charge in [0.05, 0.1) is 14.2 Å². The van der Waals surface area contributed by atoms with Crippen LogP contribution in [0.25, 0.3) is 0 Å². The normalized spacial score (nSPS) is 13.9. The average molecular weight is 398 g/mol. The second-order valence-electron chi connectivity index (χ2n) is 7.44. The number of aryl methyl sites for hydroxylation is 2. The van der Waals surface area contributed by atoms with Crippen LogP contribution in [0.5, 0.6) is 11.5 Å². The van der Waals surface area contributed by atoms with Gasteiger partial charge in [-0.1, -0.05) is 23.8 Å². The molecule has 2 aromatic carbocycles. The quantitative estimate of drug-likeness (QED) is 0.812. The molecule has 0 bridgehead atoms. The van der Waals surface area contributed by atoms with Crippen LogP contribution in [0.1, 0.15) is 16.7 Å². The Kier molecular flexibility index (Phi) is 6.86. The van der Waals surface area contributed by atoms with Crippen molar-refractivity contribution in [1.82, 2.24) is 10.2 Å². The van der Waals surface area contributed by atoms with Crippen LogP contribution in [0.15, 0.2) is 36.4 Å². The molecule has 0 saturated carbocycles. The first kappa shape index (κ1) is 20.8. The maximum atomic E-state index is 12.5. The van der Waals surface area contributed by atoms with E-state index < -0.39 is 0 Å². The average Bonchev–Trinajstić information content (AvgIpc) is 2.73. The van der Waals surface area contributed by atoms with E-state index in [1.807, 2.05) is 23.1 Å². The molecule has 1 N–H and O–H groups in total. The molecule has 0 radical (unpaired) electrons. The summed E-state index contributed by atoms with van der Waals surface area (Å²) in [7, 11) is 3.25. The lowest BCUT2D eigenvalue weighted by molar-refractivity contribution is 0.194. The Morgan fingerprint density at radius 1 is 0.966 bits per heavy atom. The van der Waals surface area contributed by atoms with Gasteiger partial charge >= 0.3 is 6.03 Å². The van der Waals surface area contributed by atoms with Crippen molar-refractivity contribution in [2.45, 2.75) is 20.3 Å². The zero-order valence-corrected chi connectivity index (χ0v) is 17.8. The molecule has 156 valence electrons. The number of hydrogen-bond acceptors (Lipinski definition) is 4. The fourth-order valence-electron chi connectivity index (χ4n) is 3.77. The van der Waals surface area contributed by atoms with Crippen molar-refractivity contribution in [3.05, 3.63) is 53.1 Å². The van der Waals surface area contributed by atoms with E-state index in [4.69, 9.17) is 9.47 Å². The van der Waals surface area contributed by atoms with Gasteiger partial charge in [-0.2, -0.15) is 0 Å². The third-order valence-corrected chi connectivity index (χ3v) is 5.40. The lowest BCUT2D eigenvalue weighted by Gasteiger charge is -2.36. The second-order valence-corrected chi connectivity index (χ2v) is 7.44. The summed E-state index contributed by atoms with van der Waals surface area (Å²) < 4.78 is 10.6. The summed E-state index contributed by atoms with van der Waals surface area (Å²) >= 11 is 0. The van der Waals surface area contributed by atoms with Gasteiger partial charge in [-0.05, 0) is 49.6 Å². The molecule has 0 atom stereocenters. The largest absolute Gasteiger partial charge is 0.493 e. The van der Waals surface area contributed by atoms with E-state index in [0.29, 0.717) is 18.0 Å². The van der Waals surface area contributed by atoms with E-state index in [1.54, 1.807) is 14.2 Å². The summed E-state index contributed by atoms with van der Waals surface area (Å²) in [5.74, 6) is 1.42. The minimum absolute atomic E-state index is 0.00533. The van der Waals surface area contributed by atoms with E-state index >= 15 is 0 Å². The van der Waals surface area contributed by atoms with Crippen molar-refractivity contribution in [3.63, 3.8) is 0 Å². The molecule has 0 spiro atoms. The number of nitrogens with one attached hydrogen (secondary N) is 1. The van der Waals surface area contributed by atoms with Gasteiger partial charge in [0.2, 0.25) is 0 Å². The fourth-order valence-corrected chi connectivity index (χ4v) is 3.77. The molecular weight excluding hydrogens is 366 g/mol. The van der Waals surface area contributed by atoms with Gasteiger partial charge in [0.25, 0.3) is 0 Å². The minimum atomic E-state index is 0.00533. The number of methoxy groups -OCH3 is 2. The van der Waals surface area contributed by atoms with Gasteiger partial charge < -0.3 is 24.6 Å². The number of urea groups is 1. The Labute approximate surface area is 173 Å². The van der Waals surface area contributed by atoms with Gasteiger partial charge in [-0.3, -0.25) is 0 Å². The summed E-state index contributed by atoms with van der Waals surface area (Å²) in [6, 6.07) is 12.4. The van der Waals surface area contributed by atoms with E-state index in [1.165, 1.54) is 16.8 Å². The van der Waals surface area contributed by atoms with Crippen LogP contribution < -0.4 is 19.7 Å². The van der Waals surface area contributed by atoms with Crippen LogP contribution in [-0.2, 0) is 6.42 Å². The lowest BCUT2D eigenvalue weighted by Crippen LogP contribution is -2.52. The number of hydrogen-bond donors (Lipinski definition) is 1. The molecule has 1 aliphatic heterocycles. The molecule has 1 saturated heterocycles. The maximum absolute atomic E-state index is 12.5. The first-order valence-electron chi connectivity index (χ1n) is 10.1. The minimum Gasteiger partial charge on any atom is -0.493 e. The highest BCUT2D eigenvalue weighted by atomic mass is 16.5. The summed E-state index contributed by atoms with van der Waals surface area (Å²) in [5, 5.41) is 3.04. The molecule has 2 amide bonds. The van der Waals surface area contributed by atoms with Crippen LogP contribution in [-0.4, -0.2) is 57.9 Å². The van der Waals surface area contributed by atoms with Crippen molar-refractivity contribution in [1.29, 1.82) is 0 Å². The molecule has 2 aromatic rings. The summed E-state index contributed by atoms with van der Waals surface area (Å²) in [5.41, 5.74) is 4.93. The summed E-state index contributed by atoms with van der Waals surface area (Å²) in [6.07, 6.45) is 0.745. The standard InChI is InChI=1S/C23H31N3O3/c1-17-5-7-20(18(2)15-17)25-11-13-26(14-12-25)23(27)24-10-9-19-6-8-21(28-3)22(16-19)29-4/h5-8,15-16H,9-14H2,1-4H3,(H,24,27). The van der Waals surface area contributed by atoms with Gasteiger partial charge in [0.15, 0.2) is 11.5 Å². The summed E-state index contributed by atoms with van der Waals surface area (Å²) in [6.45, 7) is 8.02. The van der Waals surface area contributed by atoms with Gasteiger partial charge in [0.1, 0.15) is 0 Å². The Balaban J connectivity index is 1.46. The SMILES string of the molecule is COc1ccc(CCNC(=O)N2CCN(c3ccc(C)cc3C)CC2)cc1OC. The number of amides is 2. The smallest absolute Gasteiger partial charge is 0.317 e. The molecule has 6 heteroatoms. The molecule has 1 heterocycles. The number of benzene rings is 2. The van der Waals surface area contributed by atoms with Crippen LogP contribution in [0.2, 0.25) is 0 Å². The number of nitrogens with zero attached hydrogens (tertiary/aromatic N) is 2. The molecule has 0 unspecified atom stereocenters. The van der Waals surface area contributed by atoms with Gasteiger partial charge in [0, 0.05) is 38.4 Å². The zero-order chi connectivity index (χ0) is 20.8. The molecule has 1 fully saturated rings. The highest BCUT2D eigenvalue weighted by molar-refractivity contribution is 5.74. The number of rotatable bonds is 6. The maximum Gasteiger partial charge on any atom is 0.317 e. The highest BCUT2D eigenvalue weighted by Crippen LogP contribution is 2.27. The van der Waals surface area contributed by atoms with Crippen LogP contribution in [0.3, 0.4) is 0 Å². The van der Waals surface area contributed by atoms with Crippen LogP contribution in [0.4, 0.5) is 10.5 Å². The zero-order valence-electron chi connectivity index (χ0n) is 17.8. The molecule has 0 aliphatic carbocycles. The predicted molar refractivity (Wildman–Crippen MR) is 116 cm³/mol. The number of carbonyl (C=O) groups excluding carboxylic acids is 1. The predicted octanol–water partition coefficient (Wildman–Crippen LogP) is 3.39. The van der Waals surface area contributed by atoms with Crippen molar-refractivity contribution in [3.8, 4) is 11.5 Å². The topological polar surface area (TPSA) is 54.0 Å². The number of carbonyl (C=O) groups is 1. The second kappa shape index (κ2) is 9.54. The molecular formula is C23H31N3O3. The first-order valence-corrected chi connectivity index (χ1v) is 10.1. The molecule has 6 nitrogen and oxygen atoms in total. The van der Waals surface area contributed by atoms with Crippen LogP contribution in [0, 0.1) is 13.8 Å². The van der Waals surface area contributed by atoms with Gasteiger partial charge in [-0.25, -0.2) is 4.79 Å². The van der Waals surface area contributed by atoms with Crippen molar-refractivity contribution < 1.29 is 14.3 Å². The molecule has 1 aliphatic rings. The Bertz CT molecular complexity index is 845. The van der Waals surface area contributed by atoms with Crippen LogP contribution >= 0.6 is 0 Å². The lowest BCUT2D eigenvalue weighted by atomic mass is 10.1. The number of ether oxygens (including phenoxy) is 2. The van der Waals surface area contributed by atoms with Crippen molar-refractivity contribution in [2.24, 2.45) is 0 Å². The molecule has 0 aromatic heterocycles. The Morgan fingerprint density at radius 2 is 1.69 bits per heavy atom. The summed E-state index contributed by atoms with van der Waals surface area (Å²) in [4.78, 5) is 16.8. The van der Waals surface area contributed by atoms with E-state index in [0.717, 1.165) is 38.2 Å². The third-order valence-electron chi connectivity index (χ3n) is 5.40. The van der Waals surface area contributed by atoms with E-state index in [2.05, 4.69) is 42.3 Å².